The largest absolute Gasteiger partial charge is 0.491 e. The Morgan fingerprint density at radius 3 is 2.59 bits per heavy atom. The highest BCUT2D eigenvalue weighted by Gasteiger charge is 2.28. The molecule has 2 atom stereocenters. The molecule has 41 heavy (non-hydrogen) atoms. The highest BCUT2D eigenvalue weighted by Crippen LogP contribution is 2.37. The molecule has 1 amide bonds. The lowest BCUT2D eigenvalue weighted by Gasteiger charge is -2.35. The Bertz CT molecular complexity index is 1520. The number of rotatable bonds is 8. The molecule has 4 aromatic rings. The molecule has 0 unspecified atom stereocenters. The summed E-state index contributed by atoms with van der Waals surface area (Å²) in [5.74, 6) is 0.670. The topological polar surface area (TPSA) is 77.7 Å². The number of nitrogens with two attached hydrogens (primary N) is 1. The number of nitrogen functional groups attached to an aromatic ring is 1. The fourth-order valence-electron chi connectivity index (χ4n) is 4.99. The number of hydrogen-bond donors (Lipinski definition) is 1. The predicted molar refractivity (Wildman–Crippen MR) is 160 cm³/mol. The number of para-hydroxylation sites is 1. The number of amides is 1. The van der Waals surface area contributed by atoms with Crippen LogP contribution in [0.1, 0.15) is 48.2 Å². The van der Waals surface area contributed by atoms with Crippen molar-refractivity contribution < 1.29 is 18.7 Å². The van der Waals surface area contributed by atoms with E-state index in [1.54, 1.807) is 19.2 Å². The van der Waals surface area contributed by atoms with Crippen LogP contribution in [0.4, 0.5) is 10.2 Å². The van der Waals surface area contributed by atoms with Crippen LogP contribution >= 0.6 is 23.2 Å². The number of nitrogens with zero attached hydrogens (tertiary/aromatic N) is 2. The molecule has 0 saturated carbocycles. The maximum atomic E-state index is 14.0. The van der Waals surface area contributed by atoms with Crippen molar-refractivity contribution >= 4 is 34.9 Å². The van der Waals surface area contributed by atoms with E-state index in [0.29, 0.717) is 30.0 Å². The van der Waals surface area contributed by atoms with E-state index in [0.717, 1.165) is 36.1 Å². The Labute approximate surface area is 248 Å². The lowest BCUT2D eigenvalue weighted by molar-refractivity contribution is 0.0528. The quantitative estimate of drug-likeness (QED) is 0.209. The van der Waals surface area contributed by atoms with Crippen molar-refractivity contribution in [1.82, 2.24) is 9.88 Å². The minimum absolute atomic E-state index is 0.0132. The molecule has 5 rings (SSSR count). The molecular weight excluding hydrogens is 564 g/mol. The van der Waals surface area contributed by atoms with E-state index in [4.69, 9.17) is 38.4 Å². The van der Waals surface area contributed by atoms with Gasteiger partial charge in [0.25, 0.3) is 5.91 Å². The molecule has 6 nitrogen and oxygen atoms in total. The number of likely N-dealkylation sites (tertiary alicyclic amines) is 1. The van der Waals surface area contributed by atoms with Crippen LogP contribution in [0, 0.1) is 5.82 Å². The van der Waals surface area contributed by atoms with E-state index in [-0.39, 0.29) is 27.8 Å². The lowest BCUT2D eigenvalue weighted by Crippen LogP contribution is -2.46. The third-order valence-corrected chi connectivity index (χ3v) is 7.92. The smallest absolute Gasteiger partial charge is 0.254 e. The number of halogens is 3. The van der Waals surface area contributed by atoms with Gasteiger partial charge in [-0.1, -0.05) is 53.5 Å². The van der Waals surface area contributed by atoms with Gasteiger partial charge < -0.3 is 20.1 Å². The van der Waals surface area contributed by atoms with Gasteiger partial charge in [-0.3, -0.25) is 4.79 Å². The first-order chi connectivity index (χ1) is 19.8. The van der Waals surface area contributed by atoms with Crippen molar-refractivity contribution in [1.29, 1.82) is 0 Å². The van der Waals surface area contributed by atoms with Gasteiger partial charge in [-0.15, -0.1) is 0 Å². The number of aromatic nitrogens is 1. The van der Waals surface area contributed by atoms with Crippen LogP contribution in [0.15, 0.2) is 79.0 Å². The molecule has 0 spiro atoms. The first-order valence-corrected chi connectivity index (χ1v) is 14.2. The standard InChI is InChI=1S/C32H30Cl2FN3O3/c1-20(29-26(33)14-15-27(35)30(29)34)41-28-17-23(18-37-31(28)36)21-10-12-22(13-11-21)32(39)38-16-6-5-7-24(38)19-40-25-8-3-2-4-9-25/h2-4,8-15,17-18,20,24H,5-7,16,19H2,1H3,(H2,36,37)/t20-,24+/m0/s1. The Morgan fingerprint density at radius 2 is 1.83 bits per heavy atom. The number of hydrogen-bond acceptors (Lipinski definition) is 5. The minimum Gasteiger partial charge on any atom is -0.491 e. The van der Waals surface area contributed by atoms with Crippen LogP contribution in [0.3, 0.4) is 0 Å². The van der Waals surface area contributed by atoms with Crippen LogP contribution in [0.25, 0.3) is 11.1 Å². The highest BCUT2D eigenvalue weighted by molar-refractivity contribution is 6.36. The normalized spacial score (nSPS) is 15.8. The first kappa shape index (κ1) is 28.7. The van der Waals surface area contributed by atoms with Gasteiger partial charge in [-0.25, -0.2) is 9.37 Å². The zero-order valence-electron chi connectivity index (χ0n) is 22.5. The van der Waals surface area contributed by atoms with Crippen LogP contribution < -0.4 is 15.2 Å². The van der Waals surface area contributed by atoms with Gasteiger partial charge in [0.2, 0.25) is 0 Å². The third-order valence-electron chi connectivity index (χ3n) is 7.21. The van der Waals surface area contributed by atoms with Gasteiger partial charge in [0.15, 0.2) is 11.6 Å². The Hall–Kier alpha value is -3.81. The molecule has 0 bridgehead atoms. The molecule has 3 aromatic carbocycles. The number of carbonyl (C=O) groups excluding carboxylic acids is 1. The van der Waals surface area contributed by atoms with Gasteiger partial charge in [0, 0.05) is 34.5 Å². The van der Waals surface area contributed by atoms with Crippen molar-refractivity contribution in [2.45, 2.75) is 38.3 Å². The summed E-state index contributed by atoms with van der Waals surface area (Å²) in [7, 11) is 0. The number of piperidine rings is 1. The third kappa shape index (κ3) is 6.58. The van der Waals surface area contributed by atoms with E-state index in [1.165, 1.54) is 12.1 Å². The second-order valence-corrected chi connectivity index (χ2v) is 10.8. The van der Waals surface area contributed by atoms with Gasteiger partial charge >= 0.3 is 0 Å². The van der Waals surface area contributed by atoms with E-state index in [1.807, 2.05) is 59.5 Å². The summed E-state index contributed by atoms with van der Waals surface area (Å²) in [5, 5.41) is 0.185. The number of anilines is 1. The molecule has 2 heterocycles. The summed E-state index contributed by atoms with van der Waals surface area (Å²) in [6.07, 6.45) is 3.88. The monoisotopic (exact) mass is 593 g/mol. The van der Waals surface area contributed by atoms with Crippen molar-refractivity contribution in [2.24, 2.45) is 0 Å². The van der Waals surface area contributed by atoms with Crippen molar-refractivity contribution in [3.05, 3.63) is 106 Å². The van der Waals surface area contributed by atoms with E-state index in [2.05, 4.69) is 4.98 Å². The van der Waals surface area contributed by atoms with Crippen molar-refractivity contribution in [3.63, 3.8) is 0 Å². The zero-order chi connectivity index (χ0) is 28.9. The molecule has 1 aromatic heterocycles. The lowest BCUT2D eigenvalue weighted by atomic mass is 10.00. The van der Waals surface area contributed by atoms with Crippen LogP contribution in [-0.4, -0.2) is 35.0 Å². The van der Waals surface area contributed by atoms with Crippen LogP contribution in [0.5, 0.6) is 11.5 Å². The molecule has 1 fully saturated rings. The fourth-order valence-corrected chi connectivity index (χ4v) is 5.67. The number of ether oxygens (including phenoxy) is 2. The van der Waals surface area contributed by atoms with Crippen molar-refractivity contribution in [3.8, 4) is 22.6 Å². The van der Waals surface area contributed by atoms with Gasteiger partial charge in [-0.2, -0.15) is 0 Å². The van der Waals surface area contributed by atoms with E-state index >= 15 is 0 Å². The average molecular weight is 595 g/mol. The minimum atomic E-state index is -0.687. The zero-order valence-corrected chi connectivity index (χ0v) is 24.0. The molecule has 1 aliphatic heterocycles. The number of carbonyl (C=O) groups is 1. The maximum Gasteiger partial charge on any atom is 0.254 e. The second kappa shape index (κ2) is 12.8. The molecule has 212 valence electrons. The van der Waals surface area contributed by atoms with E-state index < -0.39 is 11.9 Å². The summed E-state index contributed by atoms with van der Waals surface area (Å²) < 4.78 is 26.0. The first-order valence-electron chi connectivity index (χ1n) is 13.5. The number of pyridine rings is 1. The molecule has 1 saturated heterocycles. The molecule has 0 radical (unpaired) electrons. The summed E-state index contributed by atoms with van der Waals surface area (Å²) in [6.45, 7) is 2.86. The Morgan fingerprint density at radius 1 is 1.07 bits per heavy atom. The summed E-state index contributed by atoms with van der Waals surface area (Å²) >= 11 is 12.4. The molecule has 1 aliphatic rings. The molecule has 0 aliphatic carbocycles. The van der Waals surface area contributed by atoms with Gasteiger partial charge in [0.05, 0.1) is 11.1 Å². The van der Waals surface area contributed by atoms with Crippen molar-refractivity contribution in [2.75, 3.05) is 18.9 Å². The summed E-state index contributed by atoms with van der Waals surface area (Å²) in [4.78, 5) is 19.7. The highest BCUT2D eigenvalue weighted by atomic mass is 35.5. The molecule has 2 N–H and O–H groups in total. The molecule has 9 heteroatoms. The Kier molecular flexibility index (Phi) is 8.96. The number of benzene rings is 3. The second-order valence-electron chi connectivity index (χ2n) is 9.97. The summed E-state index contributed by atoms with van der Waals surface area (Å²) in [6, 6.07) is 21.4. The average Bonchev–Trinajstić information content (AvgIpc) is 3.00. The van der Waals surface area contributed by atoms with Crippen LogP contribution in [0.2, 0.25) is 10.0 Å². The SMILES string of the molecule is C[C@H](Oc1cc(-c2ccc(C(=O)N3CCCC[C@@H]3COc3ccccc3)cc2)cnc1N)c1c(Cl)ccc(F)c1Cl. The fraction of sp³-hybridized carbons (Fsp3) is 0.250. The summed E-state index contributed by atoms with van der Waals surface area (Å²) in [5.41, 5.74) is 8.58. The maximum absolute atomic E-state index is 14.0. The van der Waals surface area contributed by atoms with Crippen LogP contribution in [-0.2, 0) is 0 Å². The molecular formula is C32H30Cl2FN3O3. The Balaban J connectivity index is 1.30. The van der Waals surface area contributed by atoms with Gasteiger partial charge in [-0.05, 0) is 74.2 Å². The van der Waals surface area contributed by atoms with E-state index in [9.17, 15) is 9.18 Å². The predicted octanol–water partition coefficient (Wildman–Crippen LogP) is 7.99. The van der Waals surface area contributed by atoms with Gasteiger partial charge in [0.1, 0.15) is 24.3 Å².